The number of carbonyl (C=O) groups is 1. The predicted octanol–water partition coefficient (Wildman–Crippen LogP) is 4.00. The van der Waals surface area contributed by atoms with Gasteiger partial charge in [-0.2, -0.15) is 0 Å². The lowest BCUT2D eigenvalue weighted by molar-refractivity contribution is 0.0952. The normalized spacial score (nSPS) is 13.6. The number of fused-ring (bicyclic) bond motifs is 1. The molecule has 0 unspecified atom stereocenters. The molecule has 1 aliphatic carbocycles. The van der Waals surface area contributed by atoms with Crippen molar-refractivity contribution in [2.24, 2.45) is 5.92 Å². The third kappa shape index (κ3) is 3.94. The second-order valence-electron chi connectivity index (χ2n) is 6.45. The molecular formula is C20H18ClN3O2. The first kappa shape index (κ1) is 16.8. The molecule has 0 atom stereocenters. The molecule has 0 radical (unpaired) electrons. The minimum Gasteiger partial charge on any atom is -0.477 e. The summed E-state index contributed by atoms with van der Waals surface area (Å²) in [6, 6.07) is 12.8. The van der Waals surface area contributed by atoms with Crippen LogP contribution in [0, 0.1) is 5.92 Å². The second kappa shape index (κ2) is 7.30. The third-order valence-electron chi connectivity index (χ3n) is 4.34. The Balaban J connectivity index is 1.42. The van der Waals surface area contributed by atoms with Crippen LogP contribution in [0.15, 0.2) is 48.7 Å². The minimum atomic E-state index is -0.195. The Morgan fingerprint density at radius 3 is 2.85 bits per heavy atom. The van der Waals surface area contributed by atoms with Crippen LogP contribution in [0.1, 0.15) is 28.8 Å². The molecule has 132 valence electrons. The molecule has 5 nitrogen and oxygen atoms in total. The first-order valence-corrected chi connectivity index (χ1v) is 8.98. The van der Waals surface area contributed by atoms with E-state index in [0.29, 0.717) is 34.6 Å². The first-order valence-electron chi connectivity index (χ1n) is 8.60. The summed E-state index contributed by atoms with van der Waals surface area (Å²) < 4.78 is 5.62. The Labute approximate surface area is 156 Å². The van der Waals surface area contributed by atoms with Crippen molar-refractivity contribution >= 4 is 28.4 Å². The lowest BCUT2D eigenvalue weighted by Crippen LogP contribution is -2.23. The number of benzene rings is 1. The van der Waals surface area contributed by atoms with E-state index >= 15 is 0 Å². The number of ether oxygens (including phenoxy) is 1. The molecule has 2 aromatic heterocycles. The number of amides is 1. The number of hydrogen-bond donors (Lipinski definition) is 1. The van der Waals surface area contributed by atoms with E-state index in [1.807, 2.05) is 36.4 Å². The highest BCUT2D eigenvalue weighted by atomic mass is 35.5. The van der Waals surface area contributed by atoms with E-state index in [4.69, 9.17) is 16.3 Å². The van der Waals surface area contributed by atoms with Gasteiger partial charge in [-0.25, -0.2) is 9.97 Å². The summed E-state index contributed by atoms with van der Waals surface area (Å²) >= 11 is 6.04. The number of hydrogen-bond acceptors (Lipinski definition) is 4. The Morgan fingerprint density at radius 1 is 1.23 bits per heavy atom. The van der Waals surface area contributed by atoms with Gasteiger partial charge >= 0.3 is 0 Å². The molecule has 6 heteroatoms. The quantitative estimate of drug-likeness (QED) is 0.669. The molecule has 1 saturated carbocycles. The molecule has 1 fully saturated rings. The second-order valence-corrected chi connectivity index (χ2v) is 6.84. The van der Waals surface area contributed by atoms with Crippen LogP contribution in [0.4, 0.5) is 0 Å². The minimum absolute atomic E-state index is 0.195. The maximum atomic E-state index is 12.6. The van der Waals surface area contributed by atoms with Crippen molar-refractivity contribution in [1.29, 1.82) is 0 Å². The van der Waals surface area contributed by atoms with E-state index in [1.165, 1.54) is 12.8 Å². The van der Waals surface area contributed by atoms with E-state index < -0.39 is 0 Å². The van der Waals surface area contributed by atoms with Crippen LogP contribution >= 0.6 is 11.6 Å². The Hall–Kier alpha value is -2.66. The van der Waals surface area contributed by atoms with Crippen molar-refractivity contribution in [2.45, 2.75) is 19.4 Å². The molecule has 0 saturated heterocycles. The van der Waals surface area contributed by atoms with Gasteiger partial charge in [-0.05, 0) is 36.5 Å². The average Bonchev–Trinajstić information content (AvgIpc) is 3.49. The summed E-state index contributed by atoms with van der Waals surface area (Å²) in [5, 5.41) is 3.98. The van der Waals surface area contributed by atoms with Gasteiger partial charge in [-0.3, -0.25) is 4.79 Å². The van der Waals surface area contributed by atoms with Gasteiger partial charge in [0.15, 0.2) is 0 Å². The van der Waals surface area contributed by atoms with Gasteiger partial charge in [-0.15, -0.1) is 0 Å². The molecule has 2 heterocycles. The van der Waals surface area contributed by atoms with Crippen molar-refractivity contribution in [2.75, 3.05) is 6.61 Å². The summed E-state index contributed by atoms with van der Waals surface area (Å²) in [6.45, 7) is 1.11. The smallest absolute Gasteiger partial charge is 0.252 e. The maximum Gasteiger partial charge on any atom is 0.252 e. The number of rotatable bonds is 6. The van der Waals surface area contributed by atoms with Crippen molar-refractivity contribution in [1.82, 2.24) is 15.3 Å². The largest absolute Gasteiger partial charge is 0.477 e. The zero-order chi connectivity index (χ0) is 17.9. The SMILES string of the molecule is O=C(NCc1ccc(OCC2CC2)nc1)c1cc(Cl)nc2ccccc12. The summed E-state index contributed by atoms with van der Waals surface area (Å²) in [7, 11) is 0. The number of nitrogens with zero attached hydrogens (tertiary/aromatic N) is 2. The highest BCUT2D eigenvalue weighted by Crippen LogP contribution is 2.29. The molecule has 4 rings (SSSR count). The Kier molecular flexibility index (Phi) is 4.71. The Bertz CT molecular complexity index is 939. The highest BCUT2D eigenvalue weighted by Gasteiger charge is 2.22. The molecule has 0 spiro atoms. The number of aromatic nitrogens is 2. The van der Waals surface area contributed by atoms with Gasteiger partial charge in [0.25, 0.3) is 5.91 Å². The van der Waals surface area contributed by atoms with Gasteiger partial charge in [0, 0.05) is 24.2 Å². The third-order valence-corrected chi connectivity index (χ3v) is 4.54. The van der Waals surface area contributed by atoms with Crippen LogP contribution in [-0.4, -0.2) is 22.5 Å². The van der Waals surface area contributed by atoms with Crippen molar-refractivity contribution in [3.05, 3.63) is 64.9 Å². The fourth-order valence-electron chi connectivity index (χ4n) is 2.70. The number of para-hydroxylation sites is 1. The molecule has 0 aliphatic heterocycles. The predicted molar refractivity (Wildman–Crippen MR) is 100 cm³/mol. The van der Waals surface area contributed by atoms with Crippen molar-refractivity contribution < 1.29 is 9.53 Å². The molecule has 1 amide bonds. The maximum absolute atomic E-state index is 12.6. The molecule has 1 aliphatic rings. The van der Waals surface area contributed by atoms with Gasteiger partial charge < -0.3 is 10.1 Å². The number of carbonyl (C=O) groups excluding carboxylic acids is 1. The van der Waals surface area contributed by atoms with Gasteiger partial charge in [0.1, 0.15) is 5.15 Å². The fourth-order valence-corrected chi connectivity index (χ4v) is 2.90. The van der Waals surface area contributed by atoms with Gasteiger partial charge in [0.05, 0.1) is 17.7 Å². The van der Waals surface area contributed by atoms with Crippen LogP contribution in [0.5, 0.6) is 5.88 Å². The Morgan fingerprint density at radius 2 is 2.08 bits per heavy atom. The van der Waals surface area contributed by atoms with E-state index in [2.05, 4.69) is 15.3 Å². The van der Waals surface area contributed by atoms with Gasteiger partial charge in [-0.1, -0.05) is 35.9 Å². The summed E-state index contributed by atoms with van der Waals surface area (Å²) in [6.07, 6.45) is 4.22. The van der Waals surface area contributed by atoms with Crippen molar-refractivity contribution in [3.63, 3.8) is 0 Å². The summed E-state index contributed by atoms with van der Waals surface area (Å²) in [5.41, 5.74) is 2.11. The molecule has 3 aromatic rings. The zero-order valence-electron chi connectivity index (χ0n) is 14.1. The van der Waals surface area contributed by atoms with E-state index in [0.717, 1.165) is 17.6 Å². The van der Waals surface area contributed by atoms with Crippen LogP contribution in [0.25, 0.3) is 10.9 Å². The highest BCUT2D eigenvalue weighted by molar-refractivity contribution is 6.30. The molecule has 1 aromatic carbocycles. The van der Waals surface area contributed by atoms with Crippen LogP contribution in [0.3, 0.4) is 0 Å². The number of halogens is 1. The number of nitrogens with one attached hydrogen (secondary N) is 1. The number of pyridine rings is 2. The summed E-state index contributed by atoms with van der Waals surface area (Å²) in [4.78, 5) is 21.1. The average molecular weight is 368 g/mol. The molecule has 0 bridgehead atoms. The van der Waals surface area contributed by atoms with Crippen LogP contribution in [0.2, 0.25) is 5.15 Å². The standard InChI is InChI=1S/C20H18ClN3O2/c21-18-9-16(15-3-1-2-4-17(15)24-18)20(25)23-11-14-7-8-19(22-10-14)26-12-13-5-6-13/h1-4,7-10,13H,5-6,11-12H2,(H,23,25). The van der Waals surface area contributed by atoms with Crippen molar-refractivity contribution in [3.8, 4) is 5.88 Å². The van der Waals surface area contributed by atoms with E-state index in [9.17, 15) is 4.79 Å². The van der Waals surface area contributed by atoms with Gasteiger partial charge in [0.2, 0.25) is 5.88 Å². The van der Waals surface area contributed by atoms with E-state index in [-0.39, 0.29) is 5.91 Å². The summed E-state index contributed by atoms with van der Waals surface area (Å²) in [5.74, 6) is 1.12. The van der Waals surface area contributed by atoms with Crippen LogP contribution < -0.4 is 10.1 Å². The molecular weight excluding hydrogens is 350 g/mol. The molecule has 1 N–H and O–H groups in total. The first-order chi connectivity index (χ1) is 12.7. The zero-order valence-corrected chi connectivity index (χ0v) is 14.9. The lowest BCUT2D eigenvalue weighted by atomic mass is 10.1. The topological polar surface area (TPSA) is 64.1 Å². The monoisotopic (exact) mass is 367 g/mol. The van der Waals surface area contributed by atoms with Crippen LogP contribution in [-0.2, 0) is 6.54 Å². The van der Waals surface area contributed by atoms with E-state index in [1.54, 1.807) is 12.3 Å². The fraction of sp³-hybridized carbons (Fsp3) is 0.250. The lowest BCUT2D eigenvalue weighted by Gasteiger charge is -2.09. The molecule has 26 heavy (non-hydrogen) atoms.